The number of nitrogens with one attached hydrogen (secondary N) is 1. The van der Waals surface area contributed by atoms with Gasteiger partial charge in [-0.1, -0.05) is 12.1 Å². The number of ether oxygens (including phenoxy) is 1. The smallest absolute Gasteiger partial charge is 0.272 e. The summed E-state index contributed by atoms with van der Waals surface area (Å²) in [5, 5.41) is 4.16. The maximum atomic E-state index is 12.2. The van der Waals surface area contributed by atoms with Gasteiger partial charge in [-0.25, -0.2) is 5.43 Å². The molecule has 0 saturated carbocycles. The number of carbonyl (C=O) groups is 2. The number of halogens is 1. The van der Waals surface area contributed by atoms with E-state index in [2.05, 4.69) is 26.5 Å². The van der Waals surface area contributed by atoms with Gasteiger partial charge < -0.3 is 9.64 Å². The topological polar surface area (TPSA) is 71.0 Å². The zero-order valence-corrected chi connectivity index (χ0v) is 17.8. The number of carbonyl (C=O) groups excluding carboxylic acids is 2. The molecular formula is C21H24BrN3O3. The summed E-state index contributed by atoms with van der Waals surface area (Å²) < 4.78 is 6.26. The lowest BCUT2D eigenvalue weighted by molar-refractivity contribution is -0.132. The zero-order chi connectivity index (χ0) is 20.5. The van der Waals surface area contributed by atoms with Crippen LogP contribution in [-0.4, -0.2) is 42.1 Å². The number of hydrazone groups is 1. The lowest BCUT2D eigenvalue weighted by Gasteiger charge is -2.18. The Bertz CT molecular complexity index is 846. The molecule has 0 aliphatic carbocycles. The van der Waals surface area contributed by atoms with Crippen molar-refractivity contribution in [3.63, 3.8) is 0 Å². The summed E-state index contributed by atoms with van der Waals surface area (Å²) in [5.41, 5.74) is 4.57. The van der Waals surface area contributed by atoms with E-state index in [1.54, 1.807) is 42.2 Å². The van der Waals surface area contributed by atoms with Crippen LogP contribution in [0.1, 0.15) is 36.7 Å². The Hall–Kier alpha value is -2.67. The number of benzene rings is 2. The number of rotatable bonds is 8. The van der Waals surface area contributed by atoms with Crippen molar-refractivity contribution >= 4 is 33.5 Å². The molecule has 0 fully saturated rings. The van der Waals surface area contributed by atoms with Crippen LogP contribution in [0.2, 0.25) is 0 Å². The van der Waals surface area contributed by atoms with E-state index >= 15 is 0 Å². The molecule has 7 heteroatoms. The van der Waals surface area contributed by atoms with E-state index in [0.29, 0.717) is 34.6 Å². The third-order valence-electron chi connectivity index (χ3n) is 4.19. The van der Waals surface area contributed by atoms with Gasteiger partial charge in [-0.2, -0.15) is 5.10 Å². The number of likely N-dealkylation sites (N-methyl/N-ethyl adjacent to an activating group) is 1. The molecule has 0 atom stereocenters. The van der Waals surface area contributed by atoms with Crippen molar-refractivity contribution in [1.29, 1.82) is 0 Å². The summed E-state index contributed by atoms with van der Waals surface area (Å²) in [6, 6.07) is 14.4. The van der Waals surface area contributed by atoms with Crippen LogP contribution in [0.3, 0.4) is 0 Å². The maximum Gasteiger partial charge on any atom is 0.272 e. The molecule has 6 nitrogen and oxygen atoms in total. The molecular weight excluding hydrogens is 422 g/mol. The minimum Gasteiger partial charge on any atom is -0.484 e. The molecule has 1 N–H and O–H groups in total. The predicted octanol–water partition coefficient (Wildman–Crippen LogP) is 3.85. The van der Waals surface area contributed by atoms with Gasteiger partial charge in [0, 0.05) is 17.6 Å². The second kappa shape index (κ2) is 10.6. The third kappa shape index (κ3) is 5.92. The summed E-state index contributed by atoms with van der Waals surface area (Å²) in [5.74, 6) is 0.276. The van der Waals surface area contributed by atoms with Crippen molar-refractivity contribution in [2.24, 2.45) is 5.10 Å². The highest BCUT2D eigenvalue weighted by atomic mass is 79.9. The van der Waals surface area contributed by atoms with Crippen LogP contribution in [0.25, 0.3) is 0 Å². The zero-order valence-electron chi connectivity index (χ0n) is 16.2. The van der Waals surface area contributed by atoms with E-state index in [9.17, 15) is 9.59 Å². The van der Waals surface area contributed by atoms with Crippen LogP contribution in [-0.2, 0) is 4.79 Å². The predicted molar refractivity (Wildman–Crippen MR) is 114 cm³/mol. The molecule has 0 unspecified atom stereocenters. The third-order valence-corrected chi connectivity index (χ3v) is 4.89. The fourth-order valence-electron chi connectivity index (χ4n) is 2.51. The average Bonchev–Trinajstić information content (AvgIpc) is 2.72. The Labute approximate surface area is 173 Å². The van der Waals surface area contributed by atoms with Crippen LogP contribution in [0.4, 0.5) is 0 Å². The van der Waals surface area contributed by atoms with Gasteiger partial charge in [-0.05, 0) is 78.7 Å². The lowest BCUT2D eigenvalue weighted by Crippen LogP contribution is -2.34. The summed E-state index contributed by atoms with van der Waals surface area (Å²) in [7, 11) is 0. The molecule has 0 bridgehead atoms. The highest BCUT2D eigenvalue weighted by Gasteiger charge is 2.11. The van der Waals surface area contributed by atoms with Crippen LogP contribution in [0, 0.1) is 0 Å². The van der Waals surface area contributed by atoms with E-state index in [1.807, 2.05) is 32.0 Å². The van der Waals surface area contributed by atoms with E-state index in [0.717, 1.165) is 5.56 Å². The number of hydrogen-bond donors (Lipinski definition) is 1. The van der Waals surface area contributed by atoms with Gasteiger partial charge in [-0.3, -0.25) is 9.59 Å². The summed E-state index contributed by atoms with van der Waals surface area (Å²) in [6.07, 6.45) is 0. The fraction of sp³-hybridized carbons (Fsp3) is 0.286. The number of nitrogens with zero attached hydrogens (tertiary/aromatic N) is 2. The first kappa shape index (κ1) is 21.6. The molecule has 2 amide bonds. The molecule has 0 spiro atoms. The Kier molecular flexibility index (Phi) is 8.19. The molecule has 2 aromatic carbocycles. The first-order chi connectivity index (χ1) is 13.5. The van der Waals surface area contributed by atoms with E-state index in [4.69, 9.17) is 4.74 Å². The van der Waals surface area contributed by atoms with Gasteiger partial charge in [-0.15, -0.1) is 0 Å². The number of amides is 2. The van der Waals surface area contributed by atoms with Crippen molar-refractivity contribution in [1.82, 2.24) is 10.3 Å². The van der Waals surface area contributed by atoms with Crippen molar-refractivity contribution in [3.05, 3.63) is 64.1 Å². The van der Waals surface area contributed by atoms with Gasteiger partial charge in [0.25, 0.3) is 11.8 Å². The highest BCUT2D eigenvalue weighted by molar-refractivity contribution is 9.10. The van der Waals surface area contributed by atoms with E-state index in [1.165, 1.54) is 0 Å². The normalized spacial score (nSPS) is 11.1. The molecule has 148 valence electrons. The Morgan fingerprint density at radius 3 is 2.32 bits per heavy atom. The van der Waals surface area contributed by atoms with Crippen molar-refractivity contribution in [2.75, 3.05) is 19.7 Å². The highest BCUT2D eigenvalue weighted by Crippen LogP contribution is 2.16. The molecule has 0 aliphatic heterocycles. The van der Waals surface area contributed by atoms with E-state index in [-0.39, 0.29) is 18.4 Å². The fourth-order valence-corrected chi connectivity index (χ4v) is 2.97. The Balaban J connectivity index is 1.95. The van der Waals surface area contributed by atoms with Crippen LogP contribution in [0.5, 0.6) is 5.75 Å². The monoisotopic (exact) mass is 445 g/mol. The molecule has 28 heavy (non-hydrogen) atoms. The van der Waals surface area contributed by atoms with Gasteiger partial charge in [0.1, 0.15) is 5.75 Å². The Morgan fingerprint density at radius 1 is 1.07 bits per heavy atom. The van der Waals surface area contributed by atoms with Crippen LogP contribution in [0.15, 0.2) is 58.1 Å². The molecule has 0 aliphatic rings. The minimum absolute atomic E-state index is 0.0100. The van der Waals surface area contributed by atoms with Crippen LogP contribution < -0.4 is 10.2 Å². The summed E-state index contributed by atoms with van der Waals surface area (Å²) in [4.78, 5) is 25.9. The molecule has 2 aromatic rings. The molecule has 0 saturated heterocycles. The molecule has 2 rings (SSSR count). The van der Waals surface area contributed by atoms with Gasteiger partial charge in [0.2, 0.25) is 0 Å². The first-order valence-electron chi connectivity index (χ1n) is 9.06. The van der Waals surface area contributed by atoms with Crippen molar-refractivity contribution in [2.45, 2.75) is 20.8 Å². The first-order valence-corrected chi connectivity index (χ1v) is 9.85. The maximum absolute atomic E-state index is 12.2. The Morgan fingerprint density at radius 2 is 1.71 bits per heavy atom. The van der Waals surface area contributed by atoms with E-state index < -0.39 is 0 Å². The van der Waals surface area contributed by atoms with Gasteiger partial charge in [0.05, 0.1) is 11.3 Å². The lowest BCUT2D eigenvalue weighted by atomic mass is 10.1. The molecule has 0 radical (unpaired) electrons. The average molecular weight is 446 g/mol. The van der Waals surface area contributed by atoms with Crippen LogP contribution >= 0.6 is 15.9 Å². The SMILES string of the molecule is CCN(CC)C(=O)COc1ccc(C(C)=NNC(=O)c2ccccc2Br)cc1. The summed E-state index contributed by atoms with van der Waals surface area (Å²) in [6.45, 7) is 7.02. The van der Waals surface area contributed by atoms with Crippen molar-refractivity contribution in [3.8, 4) is 5.75 Å². The second-order valence-corrected chi connectivity index (χ2v) is 6.85. The second-order valence-electron chi connectivity index (χ2n) is 6.00. The number of hydrogen-bond acceptors (Lipinski definition) is 4. The molecule has 0 heterocycles. The standard InChI is InChI=1S/C21H24BrN3O3/c1-4-25(5-2)20(26)14-28-17-12-10-16(11-13-17)15(3)23-24-21(27)18-8-6-7-9-19(18)22/h6-13H,4-5,14H2,1-3H3,(H,24,27). The molecule has 0 aromatic heterocycles. The van der Waals surface area contributed by atoms with Crippen molar-refractivity contribution < 1.29 is 14.3 Å². The summed E-state index contributed by atoms with van der Waals surface area (Å²) >= 11 is 3.35. The quantitative estimate of drug-likeness (QED) is 0.495. The minimum atomic E-state index is -0.290. The van der Waals surface area contributed by atoms with Gasteiger partial charge in [0.15, 0.2) is 6.61 Å². The largest absolute Gasteiger partial charge is 0.484 e. The van der Waals surface area contributed by atoms with Gasteiger partial charge >= 0.3 is 0 Å².